The van der Waals surface area contributed by atoms with E-state index in [1.807, 2.05) is 34.0 Å². The highest BCUT2D eigenvalue weighted by Crippen LogP contribution is 2.30. The lowest BCUT2D eigenvalue weighted by molar-refractivity contribution is -0.132. The number of amides is 1. The van der Waals surface area contributed by atoms with Gasteiger partial charge in [0.25, 0.3) is 0 Å². The zero-order valence-electron chi connectivity index (χ0n) is 15.2. The number of carbonyl (C=O) groups is 1. The molecule has 0 aliphatic carbocycles. The van der Waals surface area contributed by atoms with Crippen molar-refractivity contribution in [2.75, 3.05) is 25.4 Å². The van der Waals surface area contributed by atoms with Crippen LogP contribution in [0.25, 0.3) is 11.3 Å². The van der Waals surface area contributed by atoms with Crippen LogP contribution in [-0.4, -0.2) is 57.6 Å². The number of benzene rings is 1. The van der Waals surface area contributed by atoms with Gasteiger partial charge in [0.05, 0.1) is 23.6 Å². The second-order valence-corrected chi connectivity index (χ2v) is 8.37. The van der Waals surface area contributed by atoms with Gasteiger partial charge in [0, 0.05) is 36.9 Å². The summed E-state index contributed by atoms with van der Waals surface area (Å²) in [4.78, 5) is 19.4. The van der Waals surface area contributed by atoms with Crippen LogP contribution in [0.4, 0.5) is 0 Å². The van der Waals surface area contributed by atoms with E-state index in [2.05, 4.69) is 17.4 Å². The molecule has 7 heteroatoms. The molecule has 6 nitrogen and oxygen atoms in total. The number of fused-ring (bicyclic) bond motifs is 1. The fourth-order valence-electron chi connectivity index (χ4n) is 4.11. The number of aromatic nitrogens is 2. The van der Waals surface area contributed by atoms with E-state index in [0.29, 0.717) is 5.92 Å². The third-order valence-electron chi connectivity index (χ3n) is 5.63. The summed E-state index contributed by atoms with van der Waals surface area (Å²) in [6.07, 6.45) is 5.13. The number of carbonyl (C=O) groups excluding carboxylic acids is 1. The average molecular weight is 382 g/mol. The second-order valence-electron chi connectivity index (χ2n) is 7.43. The van der Waals surface area contributed by atoms with Crippen molar-refractivity contribution in [1.82, 2.24) is 19.9 Å². The van der Waals surface area contributed by atoms with Gasteiger partial charge in [-0.2, -0.15) is 5.10 Å². The number of nitrogens with one attached hydrogen (secondary N) is 1. The smallest absolute Gasteiger partial charge is 0.239 e. The van der Waals surface area contributed by atoms with E-state index in [9.17, 15) is 4.79 Å². The lowest BCUT2D eigenvalue weighted by Crippen LogP contribution is -2.42. The Morgan fingerprint density at radius 3 is 2.81 bits per heavy atom. The number of nitrogens with zero attached hydrogens (tertiary/aromatic N) is 4. The number of hydrogen-bond donors (Lipinski definition) is 1. The highest BCUT2D eigenvalue weighted by atomic mass is 32.2. The molecule has 0 bridgehead atoms. The third-order valence-corrected chi connectivity index (χ3v) is 6.61. The predicted octanol–water partition coefficient (Wildman–Crippen LogP) is 2.46. The molecule has 27 heavy (non-hydrogen) atoms. The van der Waals surface area contributed by atoms with Crippen LogP contribution in [0.5, 0.6) is 0 Å². The molecule has 0 saturated carbocycles. The zero-order valence-corrected chi connectivity index (χ0v) is 16.0. The molecular weight excluding hydrogens is 358 g/mol. The molecule has 0 radical (unpaired) electrons. The van der Waals surface area contributed by atoms with Gasteiger partial charge in [0.15, 0.2) is 5.16 Å². The van der Waals surface area contributed by atoms with Gasteiger partial charge in [0.2, 0.25) is 5.91 Å². The summed E-state index contributed by atoms with van der Waals surface area (Å²) >= 11 is 1.73. The Morgan fingerprint density at radius 1 is 1.19 bits per heavy atom. The first-order valence-electron chi connectivity index (χ1n) is 9.65. The van der Waals surface area contributed by atoms with E-state index in [4.69, 9.17) is 10.1 Å². The number of thioether (sulfide) groups is 1. The SMILES string of the molecule is O=C(C1CC(C2=Nn3cc(-c4ccccc4)nc3SC2)CN1)N1CCCC1. The van der Waals surface area contributed by atoms with Gasteiger partial charge in [-0.25, -0.2) is 9.66 Å². The molecular formula is C20H23N5OS. The summed E-state index contributed by atoms with van der Waals surface area (Å²) in [5.74, 6) is 1.45. The largest absolute Gasteiger partial charge is 0.341 e. The van der Waals surface area contributed by atoms with Gasteiger partial charge in [-0.1, -0.05) is 42.1 Å². The van der Waals surface area contributed by atoms with Crippen molar-refractivity contribution in [3.63, 3.8) is 0 Å². The van der Waals surface area contributed by atoms with E-state index < -0.39 is 0 Å². The first-order chi connectivity index (χ1) is 13.3. The molecule has 0 spiro atoms. The van der Waals surface area contributed by atoms with E-state index in [1.54, 1.807) is 11.8 Å². The Morgan fingerprint density at radius 2 is 2.00 bits per heavy atom. The van der Waals surface area contributed by atoms with Gasteiger partial charge >= 0.3 is 0 Å². The van der Waals surface area contributed by atoms with Crippen molar-refractivity contribution in [1.29, 1.82) is 0 Å². The van der Waals surface area contributed by atoms with Crippen molar-refractivity contribution in [2.45, 2.75) is 30.5 Å². The summed E-state index contributed by atoms with van der Waals surface area (Å²) in [5, 5.41) is 9.22. The molecule has 1 aromatic carbocycles. The fraction of sp³-hybridized carbons (Fsp3) is 0.450. The van der Waals surface area contributed by atoms with E-state index in [1.165, 1.54) is 0 Å². The Kier molecular flexibility index (Phi) is 4.49. The molecule has 2 fully saturated rings. The van der Waals surface area contributed by atoms with E-state index >= 15 is 0 Å². The molecule has 4 heterocycles. The molecule has 2 unspecified atom stereocenters. The van der Waals surface area contributed by atoms with Gasteiger partial charge in [-0.05, 0) is 19.3 Å². The average Bonchev–Trinajstić information content (AvgIpc) is 3.48. The topological polar surface area (TPSA) is 62.5 Å². The molecule has 3 aliphatic heterocycles. The normalized spacial score (nSPS) is 24.7. The lowest BCUT2D eigenvalue weighted by atomic mass is 10.0. The van der Waals surface area contributed by atoms with Gasteiger partial charge in [-0.3, -0.25) is 4.79 Å². The third kappa shape index (κ3) is 3.30. The fourth-order valence-corrected chi connectivity index (χ4v) is 5.07. The highest BCUT2D eigenvalue weighted by Gasteiger charge is 2.36. The summed E-state index contributed by atoms with van der Waals surface area (Å²) in [6.45, 7) is 2.66. The van der Waals surface area contributed by atoms with Crippen LogP contribution in [-0.2, 0) is 4.79 Å². The Bertz CT molecular complexity index is 872. The molecule has 1 amide bonds. The Labute approximate surface area is 163 Å². The summed E-state index contributed by atoms with van der Waals surface area (Å²) in [6, 6.07) is 10.1. The lowest BCUT2D eigenvalue weighted by Gasteiger charge is -2.20. The molecule has 1 aromatic heterocycles. The minimum absolute atomic E-state index is 0.0511. The minimum atomic E-state index is -0.0511. The Hall–Kier alpha value is -2.12. The number of likely N-dealkylation sites (tertiary alicyclic amines) is 1. The maximum atomic E-state index is 12.6. The van der Waals surface area contributed by atoms with Gasteiger partial charge < -0.3 is 10.2 Å². The maximum Gasteiger partial charge on any atom is 0.239 e. The van der Waals surface area contributed by atoms with Crippen molar-refractivity contribution in [2.24, 2.45) is 11.0 Å². The summed E-state index contributed by atoms with van der Waals surface area (Å²) < 4.78 is 1.90. The second kappa shape index (κ2) is 7.13. The number of imidazole rings is 1. The van der Waals surface area contributed by atoms with Crippen LogP contribution in [0.1, 0.15) is 19.3 Å². The monoisotopic (exact) mass is 381 g/mol. The molecule has 2 atom stereocenters. The van der Waals surface area contributed by atoms with Crippen LogP contribution in [0.2, 0.25) is 0 Å². The Balaban J connectivity index is 1.31. The van der Waals surface area contributed by atoms with Crippen LogP contribution in [0.3, 0.4) is 0 Å². The summed E-state index contributed by atoms with van der Waals surface area (Å²) in [5.41, 5.74) is 3.22. The molecule has 1 N–H and O–H groups in total. The van der Waals surface area contributed by atoms with E-state index in [-0.39, 0.29) is 11.9 Å². The highest BCUT2D eigenvalue weighted by molar-refractivity contribution is 7.99. The first-order valence-corrected chi connectivity index (χ1v) is 10.6. The molecule has 5 rings (SSSR count). The van der Waals surface area contributed by atoms with E-state index in [0.717, 1.165) is 66.8 Å². The van der Waals surface area contributed by atoms with Crippen molar-refractivity contribution in [3.05, 3.63) is 36.5 Å². The van der Waals surface area contributed by atoms with Crippen molar-refractivity contribution < 1.29 is 4.79 Å². The van der Waals surface area contributed by atoms with Gasteiger partial charge in [0.1, 0.15) is 0 Å². The van der Waals surface area contributed by atoms with Crippen molar-refractivity contribution >= 4 is 23.4 Å². The quantitative estimate of drug-likeness (QED) is 0.887. The molecule has 3 aliphatic rings. The minimum Gasteiger partial charge on any atom is -0.341 e. The van der Waals surface area contributed by atoms with Crippen LogP contribution in [0.15, 0.2) is 46.8 Å². The van der Waals surface area contributed by atoms with Crippen LogP contribution < -0.4 is 5.32 Å². The van der Waals surface area contributed by atoms with Crippen molar-refractivity contribution in [3.8, 4) is 11.3 Å². The predicted molar refractivity (Wildman–Crippen MR) is 107 cm³/mol. The number of hydrogen-bond acceptors (Lipinski definition) is 5. The molecule has 2 aromatic rings. The number of rotatable bonds is 3. The van der Waals surface area contributed by atoms with Crippen LogP contribution in [0, 0.1) is 5.92 Å². The van der Waals surface area contributed by atoms with Crippen LogP contribution >= 0.6 is 11.8 Å². The standard InChI is InChI=1S/C20H23N5OS/c26-19(24-8-4-5-9-24)16-10-15(11-21-16)18-13-27-20-22-17(12-25(20)23-18)14-6-2-1-3-7-14/h1-3,6-7,12,15-16,21H,4-5,8-11,13H2. The molecule has 2 saturated heterocycles. The maximum absolute atomic E-state index is 12.6. The summed E-state index contributed by atoms with van der Waals surface area (Å²) in [7, 11) is 0. The molecule has 140 valence electrons. The zero-order chi connectivity index (χ0) is 18.2. The van der Waals surface area contributed by atoms with Gasteiger partial charge in [-0.15, -0.1) is 0 Å². The first kappa shape index (κ1) is 17.0.